The van der Waals surface area contributed by atoms with Gasteiger partial charge < -0.3 is 5.11 Å². The van der Waals surface area contributed by atoms with Crippen LogP contribution in [0, 0.1) is 6.92 Å². The summed E-state index contributed by atoms with van der Waals surface area (Å²) in [6.45, 7) is 1.91. The molecule has 0 aliphatic heterocycles. The van der Waals surface area contributed by atoms with Crippen LogP contribution >= 0.6 is 0 Å². The second-order valence-electron chi connectivity index (χ2n) is 2.89. The number of aromatic carboxylic acids is 1. The third-order valence-corrected chi connectivity index (χ3v) is 1.87. The smallest absolute Gasteiger partial charge is 0.372 e. The van der Waals surface area contributed by atoms with E-state index in [1.807, 2.05) is 19.1 Å². The van der Waals surface area contributed by atoms with E-state index in [1.54, 1.807) is 16.8 Å². The highest BCUT2D eigenvalue weighted by Crippen LogP contribution is 2.08. The minimum absolute atomic E-state index is 0.0544. The molecule has 0 aliphatic rings. The molecule has 0 saturated carbocycles. The van der Waals surface area contributed by atoms with Gasteiger partial charge in [0.1, 0.15) is 0 Å². The molecule has 66 valence electrons. The fourth-order valence-corrected chi connectivity index (χ4v) is 1.25. The van der Waals surface area contributed by atoms with Crippen molar-refractivity contribution in [2.24, 2.45) is 0 Å². The number of pyridine rings is 1. The Morgan fingerprint density at radius 2 is 2.31 bits per heavy atom. The highest BCUT2D eigenvalue weighted by molar-refractivity contribution is 5.84. The minimum Gasteiger partial charge on any atom is -0.475 e. The van der Waals surface area contributed by atoms with Gasteiger partial charge in [-0.15, -0.1) is 0 Å². The fraction of sp³-hybridized carbons (Fsp3) is 0.111. The van der Waals surface area contributed by atoms with E-state index in [0.717, 1.165) is 11.1 Å². The lowest BCUT2D eigenvalue weighted by atomic mass is 10.3. The molecule has 0 aliphatic carbocycles. The van der Waals surface area contributed by atoms with Crippen molar-refractivity contribution in [2.75, 3.05) is 0 Å². The molecule has 4 heteroatoms. The first kappa shape index (κ1) is 7.79. The largest absolute Gasteiger partial charge is 0.475 e. The van der Waals surface area contributed by atoms with Crippen LogP contribution in [0.2, 0.25) is 0 Å². The van der Waals surface area contributed by atoms with Crippen LogP contribution in [0.15, 0.2) is 24.5 Å². The summed E-state index contributed by atoms with van der Waals surface area (Å²) >= 11 is 0. The van der Waals surface area contributed by atoms with Crippen LogP contribution in [-0.4, -0.2) is 20.5 Å². The Kier molecular flexibility index (Phi) is 1.55. The maximum Gasteiger partial charge on any atom is 0.372 e. The average Bonchev–Trinajstić information content (AvgIpc) is 2.46. The number of aromatic nitrogens is 2. The summed E-state index contributed by atoms with van der Waals surface area (Å²) in [5, 5.41) is 8.78. The first-order chi connectivity index (χ1) is 6.18. The Hall–Kier alpha value is -1.84. The molecule has 0 atom stereocenters. The van der Waals surface area contributed by atoms with Crippen molar-refractivity contribution in [2.45, 2.75) is 6.92 Å². The number of carbonyl (C=O) groups is 1. The molecule has 1 N–H and O–H groups in total. The molecule has 0 saturated heterocycles. The minimum atomic E-state index is -1.01. The molecular weight excluding hydrogens is 168 g/mol. The summed E-state index contributed by atoms with van der Waals surface area (Å²) in [6, 6.07) is 3.76. The third-order valence-electron chi connectivity index (χ3n) is 1.87. The molecule has 0 fully saturated rings. The second-order valence-corrected chi connectivity index (χ2v) is 2.89. The molecule has 0 radical (unpaired) electrons. The average molecular weight is 176 g/mol. The Balaban J connectivity index is 2.79. The summed E-state index contributed by atoms with van der Waals surface area (Å²) in [6.07, 6.45) is 3.30. The van der Waals surface area contributed by atoms with Crippen LogP contribution in [0.3, 0.4) is 0 Å². The number of fused-ring (bicyclic) bond motifs is 1. The Morgan fingerprint density at radius 3 is 3.00 bits per heavy atom. The van der Waals surface area contributed by atoms with Gasteiger partial charge in [-0.05, 0) is 18.6 Å². The maximum atomic E-state index is 10.7. The Morgan fingerprint density at radius 1 is 1.54 bits per heavy atom. The van der Waals surface area contributed by atoms with Gasteiger partial charge >= 0.3 is 5.97 Å². The normalized spacial score (nSPS) is 10.5. The van der Waals surface area contributed by atoms with Crippen LogP contribution in [0.25, 0.3) is 5.52 Å². The number of rotatable bonds is 1. The van der Waals surface area contributed by atoms with Crippen LogP contribution in [0.5, 0.6) is 0 Å². The second kappa shape index (κ2) is 2.58. The summed E-state index contributed by atoms with van der Waals surface area (Å²) < 4.78 is 1.57. The van der Waals surface area contributed by atoms with Gasteiger partial charge in [-0.3, -0.25) is 4.40 Å². The SMILES string of the molecule is Cc1ccc2cnc(C(=O)O)n2c1. The molecule has 2 aromatic heterocycles. The van der Waals surface area contributed by atoms with Gasteiger partial charge in [0.05, 0.1) is 11.7 Å². The van der Waals surface area contributed by atoms with Crippen molar-refractivity contribution in [3.8, 4) is 0 Å². The molecule has 13 heavy (non-hydrogen) atoms. The van der Waals surface area contributed by atoms with Crippen LogP contribution in [0.1, 0.15) is 16.2 Å². The van der Waals surface area contributed by atoms with Crippen LogP contribution < -0.4 is 0 Å². The fourth-order valence-electron chi connectivity index (χ4n) is 1.25. The predicted molar refractivity (Wildman–Crippen MR) is 46.9 cm³/mol. The number of imidazole rings is 1. The molecule has 0 aromatic carbocycles. The van der Waals surface area contributed by atoms with Gasteiger partial charge in [0.15, 0.2) is 0 Å². The predicted octanol–water partition coefficient (Wildman–Crippen LogP) is 1.34. The zero-order valence-corrected chi connectivity index (χ0v) is 7.06. The molecule has 0 spiro atoms. The topological polar surface area (TPSA) is 54.6 Å². The van der Waals surface area contributed by atoms with E-state index in [2.05, 4.69) is 4.98 Å². The van der Waals surface area contributed by atoms with Gasteiger partial charge in [0.25, 0.3) is 0 Å². The molecule has 2 rings (SSSR count). The quantitative estimate of drug-likeness (QED) is 0.713. The number of nitrogens with zero attached hydrogens (tertiary/aromatic N) is 2. The molecule has 0 bridgehead atoms. The molecule has 2 aromatic rings. The van der Waals surface area contributed by atoms with Crippen molar-refractivity contribution in [1.82, 2.24) is 9.38 Å². The van der Waals surface area contributed by atoms with E-state index in [4.69, 9.17) is 5.11 Å². The van der Waals surface area contributed by atoms with Crippen molar-refractivity contribution in [1.29, 1.82) is 0 Å². The number of hydrogen-bond acceptors (Lipinski definition) is 2. The number of aryl methyl sites for hydroxylation is 1. The first-order valence-corrected chi connectivity index (χ1v) is 3.85. The standard InChI is InChI=1S/C9H8N2O2/c1-6-2-3-7-4-10-8(9(12)13)11(7)5-6/h2-5H,1H3,(H,12,13). The van der Waals surface area contributed by atoms with Gasteiger partial charge in [0.2, 0.25) is 5.82 Å². The monoisotopic (exact) mass is 176 g/mol. The highest BCUT2D eigenvalue weighted by Gasteiger charge is 2.09. The number of carboxylic acids is 1. The molecular formula is C9H8N2O2. The molecule has 2 heterocycles. The first-order valence-electron chi connectivity index (χ1n) is 3.85. The summed E-state index contributed by atoms with van der Waals surface area (Å²) in [5.74, 6) is -0.954. The van der Waals surface area contributed by atoms with E-state index in [9.17, 15) is 4.79 Å². The van der Waals surface area contributed by atoms with Crippen LogP contribution in [0.4, 0.5) is 0 Å². The molecule has 0 amide bonds. The van der Waals surface area contributed by atoms with Crippen molar-refractivity contribution in [3.05, 3.63) is 35.9 Å². The van der Waals surface area contributed by atoms with E-state index in [0.29, 0.717) is 0 Å². The highest BCUT2D eigenvalue weighted by atomic mass is 16.4. The zero-order chi connectivity index (χ0) is 9.42. The van der Waals surface area contributed by atoms with Crippen molar-refractivity contribution in [3.63, 3.8) is 0 Å². The number of hydrogen-bond donors (Lipinski definition) is 1. The van der Waals surface area contributed by atoms with Gasteiger partial charge in [-0.25, -0.2) is 9.78 Å². The van der Waals surface area contributed by atoms with Crippen molar-refractivity contribution < 1.29 is 9.90 Å². The van der Waals surface area contributed by atoms with Crippen molar-refractivity contribution >= 4 is 11.5 Å². The van der Waals surface area contributed by atoms with Gasteiger partial charge in [-0.2, -0.15) is 0 Å². The lowest BCUT2D eigenvalue weighted by Crippen LogP contribution is -2.03. The summed E-state index contributed by atoms with van der Waals surface area (Å²) in [5.41, 5.74) is 1.80. The Labute approximate surface area is 74.5 Å². The maximum absolute atomic E-state index is 10.7. The van der Waals surface area contributed by atoms with Gasteiger partial charge in [0, 0.05) is 6.20 Å². The third kappa shape index (κ3) is 1.16. The Bertz CT molecular complexity index is 473. The number of carboxylic acid groups (broad SMARTS) is 1. The molecule has 4 nitrogen and oxygen atoms in total. The lowest BCUT2D eigenvalue weighted by Gasteiger charge is -1.97. The summed E-state index contributed by atoms with van der Waals surface area (Å²) in [7, 11) is 0. The van der Waals surface area contributed by atoms with E-state index in [-0.39, 0.29) is 5.82 Å². The van der Waals surface area contributed by atoms with Gasteiger partial charge in [-0.1, -0.05) is 6.07 Å². The summed E-state index contributed by atoms with van der Waals surface area (Å²) in [4.78, 5) is 14.5. The van der Waals surface area contributed by atoms with E-state index >= 15 is 0 Å². The lowest BCUT2D eigenvalue weighted by molar-refractivity contribution is 0.0683. The van der Waals surface area contributed by atoms with E-state index in [1.165, 1.54) is 0 Å². The molecule has 0 unspecified atom stereocenters. The van der Waals surface area contributed by atoms with E-state index < -0.39 is 5.97 Å². The van der Waals surface area contributed by atoms with Crippen LogP contribution in [-0.2, 0) is 0 Å². The zero-order valence-electron chi connectivity index (χ0n) is 7.06.